The quantitative estimate of drug-likeness (QED) is 0.579. The summed E-state index contributed by atoms with van der Waals surface area (Å²) in [5.41, 5.74) is 2.12. The molecule has 2 saturated heterocycles. The molecule has 2 heterocycles. The third-order valence-corrected chi connectivity index (χ3v) is 7.55. The van der Waals surface area contributed by atoms with Crippen molar-refractivity contribution in [1.29, 1.82) is 0 Å². The van der Waals surface area contributed by atoms with Crippen molar-refractivity contribution in [2.24, 2.45) is 5.41 Å². The molecule has 37 heavy (non-hydrogen) atoms. The molecular formula is C29H35N3O5. The van der Waals surface area contributed by atoms with Crippen LogP contribution in [0.5, 0.6) is 0 Å². The summed E-state index contributed by atoms with van der Waals surface area (Å²) in [5.74, 6) is -0.155. The number of carbonyl (C=O) groups is 4. The van der Waals surface area contributed by atoms with Crippen molar-refractivity contribution in [3.05, 3.63) is 71.3 Å². The van der Waals surface area contributed by atoms with E-state index in [0.29, 0.717) is 43.7 Å². The average Bonchev–Trinajstić information content (AvgIpc) is 3.32. The maximum absolute atomic E-state index is 13.5. The highest BCUT2D eigenvalue weighted by Gasteiger charge is 2.44. The van der Waals surface area contributed by atoms with Crippen LogP contribution in [-0.2, 0) is 16.0 Å². The minimum absolute atomic E-state index is 0.0217. The highest BCUT2D eigenvalue weighted by atomic mass is 16.5. The lowest BCUT2D eigenvalue weighted by Gasteiger charge is -2.39. The Balaban J connectivity index is 1.37. The van der Waals surface area contributed by atoms with Gasteiger partial charge in [0.1, 0.15) is 6.04 Å². The van der Waals surface area contributed by atoms with Gasteiger partial charge in [-0.3, -0.25) is 14.4 Å². The maximum Gasteiger partial charge on any atom is 0.407 e. The van der Waals surface area contributed by atoms with Crippen molar-refractivity contribution in [2.75, 3.05) is 32.8 Å². The Hall–Kier alpha value is -3.68. The first-order chi connectivity index (χ1) is 17.8. The summed E-state index contributed by atoms with van der Waals surface area (Å²) in [4.78, 5) is 53.9. The molecule has 0 radical (unpaired) electrons. The van der Waals surface area contributed by atoms with Crippen LogP contribution in [0.4, 0.5) is 4.79 Å². The van der Waals surface area contributed by atoms with Crippen molar-refractivity contribution < 1.29 is 23.9 Å². The van der Waals surface area contributed by atoms with Gasteiger partial charge in [0, 0.05) is 43.7 Å². The van der Waals surface area contributed by atoms with Crippen molar-refractivity contribution in [3.63, 3.8) is 0 Å². The van der Waals surface area contributed by atoms with E-state index in [1.165, 1.54) is 6.92 Å². The fourth-order valence-corrected chi connectivity index (χ4v) is 5.33. The number of nitrogens with zero attached hydrogens (tertiary/aromatic N) is 2. The largest absolute Gasteiger partial charge is 0.450 e. The molecule has 2 fully saturated rings. The molecule has 1 spiro atoms. The predicted octanol–water partition coefficient (Wildman–Crippen LogP) is 3.70. The summed E-state index contributed by atoms with van der Waals surface area (Å²) in [5, 5.41) is 2.76. The molecule has 2 aliphatic heterocycles. The lowest BCUT2D eigenvalue weighted by atomic mass is 9.77. The first-order valence-corrected chi connectivity index (χ1v) is 13.0. The summed E-state index contributed by atoms with van der Waals surface area (Å²) in [7, 11) is 0. The van der Waals surface area contributed by atoms with Gasteiger partial charge >= 0.3 is 6.09 Å². The molecule has 0 aromatic heterocycles. The number of Topliss-reactive ketones (excluding diaryl/α,β-unsaturated/α-hetero) is 1. The van der Waals surface area contributed by atoms with Crippen LogP contribution < -0.4 is 5.32 Å². The lowest BCUT2D eigenvalue weighted by Crippen LogP contribution is -2.50. The first-order valence-electron chi connectivity index (χ1n) is 13.0. The predicted molar refractivity (Wildman–Crippen MR) is 139 cm³/mol. The number of hydrogen-bond donors (Lipinski definition) is 1. The molecule has 0 saturated carbocycles. The third-order valence-electron chi connectivity index (χ3n) is 7.55. The van der Waals surface area contributed by atoms with E-state index in [4.69, 9.17) is 4.74 Å². The Kier molecular flexibility index (Phi) is 8.26. The van der Waals surface area contributed by atoms with E-state index >= 15 is 0 Å². The molecule has 8 nitrogen and oxygen atoms in total. The molecular weight excluding hydrogens is 470 g/mol. The monoisotopic (exact) mass is 505 g/mol. The van der Waals surface area contributed by atoms with E-state index in [1.807, 2.05) is 40.1 Å². The van der Waals surface area contributed by atoms with Crippen molar-refractivity contribution in [1.82, 2.24) is 15.1 Å². The number of hydrogen-bond acceptors (Lipinski definition) is 5. The van der Waals surface area contributed by atoms with E-state index in [2.05, 4.69) is 5.32 Å². The smallest absolute Gasteiger partial charge is 0.407 e. The number of ether oxygens (including phenoxy) is 1. The minimum atomic E-state index is -0.698. The molecule has 8 heteroatoms. The van der Waals surface area contributed by atoms with Crippen LogP contribution in [-0.4, -0.2) is 72.3 Å². The number of nitrogens with one attached hydrogen (secondary N) is 1. The van der Waals surface area contributed by atoms with Crippen molar-refractivity contribution in [3.8, 4) is 0 Å². The molecule has 1 N–H and O–H groups in total. The molecule has 2 aromatic carbocycles. The number of rotatable bonds is 7. The summed E-state index contributed by atoms with van der Waals surface area (Å²) in [6.45, 7) is 5.99. The Labute approximate surface area is 218 Å². The molecule has 196 valence electrons. The highest BCUT2D eigenvalue weighted by Crippen LogP contribution is 2.41. The number of benzene rings is 2. The van der Waals surface area contributed by atoms with Gasteiger partial charge in [-0.15, -0.1) is 0 Å². The second-order valence-electron chi connectivity index (χ2n) is 10.0. The van der Waals surface area contributed by atoms with Gasteiger partial charge in [-0.05, 0) is 56.2 Å². The fourth-order valence-electron chi connectivity index (χ4n) is 5.33. The van der Waals surface area contributed by atoms with Crippen LogP contribution in [0.3, 0.4) is 0 Å². The van der Waals surface area contributed by atoms with Gasteiger partial charge in [-0.2, -0.15) is 0 Å². The van der Waals surface area contributed by atoms with E-state index in [0.717, 1.165) is 24.8 Å². The molecule has 1 atom stereocenters. The first kappa shape index (κ1) is 26.4. The highest BCUT2D eigenvalue weighted by molar-refractivity contribution is 5.97. The van der Waals surface area contributed by atoms with Crippen LogP contribution >= 0.6 is 0 Å². The number of amides is 3. The van der Waals surface area contributed by atoms with Gasteiger partial charge in [0.25, 0.3) is 5.91 Å². The van der Waals surface area contributed by atoms with Crippen molar-refractivity contribution in [2.45, 2.75) is 45.6 Å². The summed E-state index contributed by atoms with van der Waals surface area (Å²) in [6, 6.07) is 15.7. The molecule has 3 amide bonds. The molecule has 0 aliphatic carbocycles. The van der Waals surface area contributed by atoms with Crippen LogP contribution in [0.15, 0.2) is 54.6 Å². The molecule has 2 aromatic rings. The zero-order valence-corrected chi connectivity index (χ0v) is 21.6. The van der Waals surface area contributed by atoms with Crippen LogP contribution in [0.2, 0.25) is 0 Å². The Morgan fingerprint density at radius 3 is 2.08 bits per heavy atom. The Bertz CT molecular complexity index is 1120. The van der Waals surface area contributed by atoms with Gasteiger partial charge in [-0.1, -0.05) is 42.5 Å². The van der Waals surface area contributed by atoms with E-state index in [1.54, 1.807) is 31.2 Å². The third kappa shape index (κ3) is 6.37. The van der Waals surface area contributed by atoms with E-state index < -0.39 is 12.1 Å². The second kappa shape index (κ2) is 11.6. The van der Waals surface area contributed by atoms with Gasteiger partial charge in [0.15, 0.2) is 5.78 Å². The van der Waals surface area contributed by atoms with Gasteiger partial charge < -0.3 is 19.9 Å². The summed E-state index contributed by atoms with van der Waals surface area (Å²) < 4.78 is 5.05. The number of ketones is 1. The normalized spacial score (nSPS) is 17.4. The zero-order valence-electron chi connectivity index (χ0n) is 21.6. The van der Waals surface area contributed by atoms with Crippen LogP contribution in [0.1, 0.15) is 59.4 Å². The van der Waals surface area contributed by atoms with E-state index in [9.17, 15) is 19.2 Å². The van der Waals surface area contributed by atoms with Crippen molar-refractivity contribution >= 4 is 23.7 Å². The minimum Gasteiger partial charge on any atom is -0.450 e. The Morgan fingerprint density at radius 2 is 1.49 bits per heavy atom. The van der Waals surface area contributed by atoms with Gasteiger partial charge in [0.2, 0.25) is 5.91 Å². The molecule has 2 aliphatic rings. The second-order valence-corrected chi connectivity index (χ2v) is 10.0. The number of likely N-dealkylation sites (tertiary alicyclic amines) is 2. The molecule has 1 unspecified atom stereocenters. The topological polar surface area (TPSA) is 96.0 Å². The van der Waals surface area contributed by atoms with Crippen LogP contribution in [0.25, 0.3) is 0 Å². The average molecular weight is 506 g/mol. The van der Waals surface area contributed by atoms with Gasteiger partial charge in [0.05, 0.1) is 6.61 Å². The maximum atomic E-state index is 13.5. The fraction of sp³-hybridized carbons (Fsp3) is 0.448. The Morgan fingerprint density at radius 1 is 0.892 bits per heavy atom. The van der Waals surface area contributed by atoms with Gasteiger partial charge in [-0.25, -0.2) is 4.79 Å². The number of piperidine rings is 1. The number of carbonyl (C=O) groups excluding carboxylic acids is 4. The lowest BCUT2D eigenvalue weighted by molar-refractivity contribution is -0.132. The summed E-state index contributed by atoms with van der Waals surface area (Å²) >= 11 is 0. The molecule has 4 rings (SSSR count). The van der Waals surface area contributed by atoms with Crippen LogP contribution in [0, 0.1) is 5.41 Å². The molecule has 0 bridgehead atoms. The zero-order chi connectivity index (χ0) is 26.4. The standard InChI is InChI=1S/C29H35N3O5/c1-3-37-28(36)30-25(19-22-7-5-4-6-8-22)27(35)32-18-15-29(20-32)13-16-31(17-14-29)26(34)24-11-9-23(10-12-24)21(2)33/h4-12,25H,3,13-20H2,1-2H3,(H,30,36). The SMILES string of the molecule is CCOC(=O)NC(Cc1ccccc1)C(=O)N1CCC2(CCN(C(=O)c3ccc(C(C)=O)cc3)CC2)C1. The number of alkyl carbamates (subject to hydrolysis) is 1. The van der Waals surface area contributed by atoms with E-state index in [-0.39, 0.29) is 29.6 Å². The summed E-state index contributed by atoms with van der Waals surface area (Å²) in [6.07, 6.45) is 2.33.